The molecule has 1 aromatic rings. The molecule has 6 nitrogen and oxygen atoms in total. The SMILES string of the molecule is CCOC(=O)/C(=C\c1ccc(OC)cc1Br)[N+](=O)[O-]. The van der Waals surface area contributed by atoms with E-state index in [9.17, 15) is 14.9 Å². The van der Waals surface area contributed by atoms with Crippen LogP contribution in [0.4, 0.5) is 0 Å². The van der Waals surface area contributed by atoms with Crippen LogP contribution in [0, 0.1) is 10.1 Å². The van der Waals surface area contributed by atoms with Crippen molar-refractivity contribution in [1.82, 2.24) is 0 Å². The quantitative estimate of drug-likeness (QED) is 0.359. The third kappa shape index (κ3) is 4.06. The number of benzene rings is 1. The molecule has 0 saturated carbocycles. The Hall–Kier alpha value is -1.89. The van der Waals surface area contributed by atoms with Crippen LogP contribution in [0.5, 0.6) is 5.75 Å². The molecule has 1 aromatic carbocycles. The van der Waals surface area contributed by atoms with E-state index >= 15 is 0 Å². The number of esters is 1. The lowest BCUT2D eigenvalue weighted by Crippen LogP contribution is -2.14. The lowest BCUT2D eigenvalue weighted by molar-refractivity contribution is -0.419. The number of nitro groups is 1. The number of carbonyl (C=O) groups excluding carboxylic acids is 1. The highest BCUT2D eigenvalue weighted by Gasteiger charge is 2.23. The molecule has 1 rings (SSSR count). The summed E-state index contributed by atoms with van der Waals surface area (Å²) in [5.41, 5.74) is -0.131. The average Bonchev–Trinajstić information content (AvgIpc) is 2.36. The fourth-order valence-corrected chi connectivity index (χ4v) is 1.76. The molecule has 0 atom stereocenters. The molecule has 0 saturated heterocycles. The van der Waals surface area contributed by atoms with Gasteiger partial charge in [-0.25, -0.2) is 4.79 Å². The molecule has 0 aliphatic heterocycles. The smallest absolute Gasteiger partial charge is 0.409 e. The highest BCUT2D eigenvalue weighted by atomic mass is 79.9. The fraction of sp³-hybridized carbons (Fsp3) is 0.250. The topological polar surface area (TPSA) is 78.7 Å². The number of carbonyl (C=O) groups is 1. The Morgan fingerprint density at radius 1 is 1.53 bits per heavy atom. The molecule has 102 valence electrons. The van der Waals surface area contributed by atoms with Crippen LogP contribution >= 0.6 is 15.9 Å². The Morgan fingerprint density at radius 3 is 2.68 bits per heavy atom. The van der Waals surface area contributed by atoms with Gasteiger partial charge in [0.05, 0.1) is 18.6 Å². The number of hydrogen-bond donors (Lipinski definition) is 0. The number of ether oxygens (including phenoxy) is 2. The van der Waals surface area contributed by atoms with Crippen molar-refractivity contribution < 1.29 is 19.2 Å². The Balaban J connectivity index is 3.15. The van der Waals surface area contributed by atoms with Gasteiger partial charge in [0.25, 0.3) is 0 Å². The van der Waals surface area contributed by atoms with Gasteiger partial charge in [-0.2, -0.15) is 0 Å². The van der Waals surface area contributed by atoms with E-state index in [1.165, 1.54) is 7.11 Å². The first-order chi connectivity index (χ1) is 8.99. The van der Waals surface area contributed by atoms with E-state index in [2.05, 4.69) is 20.7 Å². The maximum Gasteiger partial charge on any atom is 0.409 e. The van der Waals surface area contributed by atoms with Crippen molar-refractivity contribution >= 4 is 28.0 Å². The fourth-order valence-electron chi connectivity index (χ4n) is 1.29. The molecule has 0 amide bonds. The molecular weight excluding hydrogens is 318 g/mol. The average molecular weight is 330 g/mol. The van der Waals surface area contributed by atoms with Gasteiger partial charge in [0.15, 0.2) is 0 Å². The monoisotopic (exact) mass is 329 g/mol. The van der Waals surface area contributed by atoms with E-state index in [1.807, 2.05) is 0 Å². The summed E-state index contributed by atoms with van der Waals surface area (Å²) in [7, 11) is 1.51. The van der Waals surface area contributed by atoms with Gasteiger partial charge < -0.3 is 9.47 Å². The summed E-state index contributed by atoms with van der Waals surface area (Å²) in [6.45, 7) is 1.66. The van der Waals surface area contributed by atoms with Gasteiger partial charge in [0.1, 0.15) is 5.75 Å². The lowest BCUT2D eigenvalue weighted by atomic mass is 10.2. The zero-order chi connectivity index (χ0) is 14.4. The highest BCUT2D eigenvalue weighted by molar-refractivity contribution is 9.10. The number of rotatable bonds is 5. The zero-order valence-electron chi connectivity index (χ0n) is 10.4. The predicted molar refractivity (Wildman–Crippen MR) is 72.3 cm³/mol. The molecule has 0 aliphatic carbocycles. The molecule has 0 spiro atoms. The van der Waals surface area contributed by atoms with Crippen LogP contribution in [0.3, 0.4) is 0 Å². The van der Waals surface area contributed by atoms with Crippen molar-refractivity contribution in [3.63, 3.8) is 0 Å². The second-order valence-corrected chi connectivity index (χ2v) is 4.25. The van der Waals surface area contributed by atoms with Gasteiger partial charge in [-0.15, -0.1) is 0 Å². The Kier molecular flexibility index (Phi) is 5.50. The Morgan fingerprint density at radius 2 is 2.21 bits per heavy atom. The molecule has 0 bridgehead atoms. The van der Waals surface area contributed by atoms with Gasteiger partial charge >= 0.3 is 11.7 Å². The minimum atomic E-state index is -0.963. The van der Waals surface area contributed by atoms with Gasteiger partial charge in [-0.3, -0.25) is 10.1 Å². The molecule has 0 N–H and O–H groups in total. The van der Waals surface area contributed by atoms with Crippen molar-refractivity contribution in [2.75, 3.05) is 13.7 Å². The third-order valence-electron chi connectivity index (χ3n) is 2.18. The number of halogens is 1. The first-order valence-electron chi connectivity index (χ1n) is 5.36. The van der Waals surface area contributed by atoms with Gasteiger partial charge in [0, 0.05) is 10.5 Å². The van der Waals surface area contributed by atoms with E-state index in [0.717, 1.165) is 6.08 Å². The number of nitrogens with zero attached hydrogens (tertiary/aromatic N) is 1. The van der Waals surface area contributed by atoms with Crippen LogP contribution in [0.1, 0.15) is 12.5 Å². The van der Waals surface area contributed by atoms with Crippen LogP contribution in [0.25, 0.3) is 6.08 Å². The molecule has 19 heavy (non-hydrogen) atoms. The van der Waals surface area contributed by atoms with Crippen LogP contribution in [0.15, 0.2) is 28.4 Å². The summed E-state index contributed by atoms with van der Waals surface area (Å²) in [6, 6.07) is 4.89. The summed E-state index contributed by atoms with van der Waals surface area (Å²) in [4.78, 5) is 21.5. The Labute approximate surface area is 118 Å². The molecule has 0 fully saturated rings. The van der Waals surface area contributed by atoms with Crippen LogP contribution < -0.4 is 4.74 Å². The van der Waals surface area contributed by atoms with E-state index in [4.69, 9.17) is 4.74 Å². The third-order valence-corrected chi connectivity index (χ3v) is 2.87. The summed E-state index contributed by atoms with van der Waals surface area (Å²) in [6.07, 6.45) is 1.15. The number of methoxy groups -OCH3 is 1. The number of hydrogen-bond acceptors (Lipinski definition) is 5. The molecular formula is C12H12BrNO5. The van der Waals surface area contributed by atoms with Crippen LogP contribution in [0.2, 0.25) is 0 Å². The van der Waals surface area contributed by atoms with Crippen molar-refractivity contribution in [3.8, 4) is 5.75 Å². The molecule has 0 heterocycles. The minimum Gasteiger partial charge on any atom is -0.497 e. The van der Waals surface area contributed by atoms with Crippen LogP contribution in [-0.4, -0.2) is 24.6 Å². The van der Waals surface area contributed by atoms with E-state index < -0.39 is 16.6 Å². The summed E-state index contributed by atoms with van der Waals surface area (Å²) in [5.74, 6) is -0.363. The molecule has 7 heteroatoms. The second kappa shape index (κ2) is 6.89. The summed E-state index contributed by atoms with van der Waals surface area (Å²) in [5, 5.41) is 10.9. The van der Waals surface area contributed by atoms with Gasteiger partial charge in [0.2, 0.25) is 0 Å². The zero-order valence-corrected chi connectivity index (χ0v) is 12.0. The largest absolute Gasteiger partial charge is 0.497 e. The summed E-state index contributed by atoms with van der Waals surface area (Å²) >= 11 is 3.25. The second-order valence-electron chi connectivity index (χ2n) is 3.39. The molecule has 0 aliphatic rings. The van der Waals surface area contributed by atoms with E-state index in [-0.39, 0.29) is 6.61 Å². The maximum absolute atomic E-state index is 11.5. The van der Waals surface area contributed by atoms with Crippen molar-refractivity contribution in [1.29, 1.82) is 0 Å². The lowest BCUT2D eigenvalue weighted by Gasteiger charge is -2.03. The standard InChI is InChI=1S/C12H12BrNO5/c1-3-19-12(15)11(14(16)17)6-8-4-5-9(18-2)7-10(8)13/h4-7H,3H2,1-2H3/b11-6+. The van der Waals surface area contributed by atoms with Crippen LogP contribution in [-0.2, 0) is 9.53 Å². The molecule has 0 unspecified atom stereocenters. The molecule has 0 aromatic heterocycles. The van der Waals surface area contributed by atoms with Crippen molar-refractivity contribution in [3.05, 3.63) is 44.0 Å². The van der Waals surface area contributed by atoms with E-state index in [1.54, 1.807) is 25.1 Å². The molecule has 0 radical (unpaired) electrons. The predicted octanol–water partition coefficient (Wildman–Crippen LogP) is 2.64. The minimum absolute atomic E-state index is 0.0772. The Bertz CT molecular complexity index is 527. The van der Waals surface area contributed by atoms with Gasteiger partial charge in [-0.1, -0.05) is 15.9 Å². The van der Waals surface area contributed by atoms with Crippen molar-refractivity contribution in [2.24, 2.45) is 0 Å². The van der Waals surface area contributed by atoms with Gasteiger partial charge in [-0.05, 0) is 30.7 Å². The first kappa shape index (κ1) is 15.2. The summed E-state index contributed by atoms with van der Waals surface area (Å²) < 4.78 is 10.2. The normalized spacial score (nSPS) is 11.0. The maximum atomic E-state index is 11.5. The van der Waals surface area contributed by atoms with Crippen molar-refractivity contribution in [2.45, 2.75) is 6.92 Å². The van der Waals surface area contributed by atoms with E-state index in [0.29, 0.717) is 15.8 Å². The first-order valence-corrected chi connectivity index (χ1v) is 6.15. The highest BCUT2D eigenvalue weighted by Crippen LogP contribution is 2.25.